The van der Waals surface area contributed by atoms with Gasteiger partial charge in [-0.15, -0.1) is 5.10 Å². The number of nitrogens with one attached hydrogen (secondary N) is 1. The smallest absolute Gasteiger partial charge is 0.241 e. The maximum atomic E-state index is 13.0. The lowest BCUT2D eigenvalue weighted by Crippen LogP contribution is -2.41. The predicted molar refractivity (Wildman–Crippen MR) is 118 cm³/mol. The lowest BCUT2D eigenvalue weighted by Gasteiger charge is -2.35. The fourth-order valence-corrected chi connectivity index (χ4v) is 4.10. The molecule has 1 N–H and O–H groups in total. The molecule has 1 fully saturated rings. The Hall–Kier alpha value is -3.11. The number of hydrogen-bond donors (Lipinski definition) is 1. The first kappa shape index (κ1) is 20.8. The van der Waals surface area contributed by atoms with Crippen molar-refractivity contribution in [3.63, 3.8) is 0 Å². The lowest BCUT2D eigenvalue weighted by molar-refractivity contribution is -0.0261. The Bertz CT molecular complexity index is 1230. The Balaban J connectivity index is 1.33. The number of methoxy groups -OCH3 is 1. The number of fused-ring (bicyclic) bond motifs is 2. The molecular formula is C22H26FN7O2. The molecule has 0 radical (unpaired) electrons. The van der Waals surface area contributed by atoms with Crippen LogP contribution in [-0.4, -0.2) is 68.3 Å². The Kier molecular flexibility index (Phi) is 5.71. The van der Waals surface area contributed by atoms with Crippen molar-refractivity contribution in [2.75, 3.05) is 32.3 Å². The molecule has 32 heavy (non-hydrogen) atoms. The molecule has 4 heterocycles. The van der Waals surface area contributed by atoms with Crippen molar-refractivity contribution in [2.24, 2.45) is 0 Å². The summed E-state index contributed by atoms with van der Waals surface area (Å²) in [6, 6.07) is 6.11. The molecule has 4 aromatic rings. The number of alkyl halides is 1. The van der Waals surface area contributed by atoms with Gasteiger partial charge in [-0.3, -0.25) is 0 Å². The van der Waals surface area contributed by atoms with Crippen LogP contribution in [0.5, 0.6) is 0 Å². The minimum atomic E-state index is -0.460. The van der Waals surface area contributed by atoms with Gasteiger partial charge in [0, 0.05) is 24.9 Å². The Labute approximate surface area is 184 Å². The molecular weight excluding hydrogens is 413 g/mol. The van der Waals surface area contributed by atoms with Crippen LogP contribution in [0.1, 0.15) is 18.7 Å². The summed E-state index contributed by atoms with van der Waals surface area (Å²) in [6.45, 7) is 2.88. The summed E-state index contributed by atoms with van der Waals surface area (Å²) in [5.41, 5.74) is 3.99. The molecule has 1 saturated carbocycles. The number of hydrogen-bond acceptors (Lipinski definition) is 7. The van der Waals surface area contributed by atoms with Crippen molar-refractivity contribution in [1.29, 1.82) is 0 Å². The SMILES string of the molecule is COCCOC1CC(Nc2ncc3c(-c4ccc5nc(C)n(CCF)c5n4)ccn3n2)C1. The maximum absolute atomic E-state index is 13.0. The third-order valence-corrected chi connectivity index (χ3v) is 5.85. The highest BCUT2D eigenvalue weighted by molar-refractivity contribution is 5.82. The second kappa shape index (κ2) is 8.79. The average molecular weight is 439 g/mol. The van der Waals surface area contributed by atoms with Crippen LogP contribution in [-0.2, 0) is 16.0 Å². The molecule has 168 valence electrons. The molecule has 0 aliphatic heterocycles. The minimum absolute atomic E-state index is 0.243. The lowest BCUT2D eigenvalue weighted by atomic mass is 9.89. The van der Waals surface area contributed by atoms with Crippen LogP contribution in [0.25, 0.3) is 27.9 Å². The van der Waals surface area contributed by atoms with E-state index >= 15 is 0 Å². The van der Waals surface area contributed by atoms with E-state index in [-0.39, 0.29) is 12.6 Å². The largest absolute Gasteiger partial charge is 0.382 e. The van der Waals surface area contributed by atoms with Crippen molar-refractivity contribution in [3.8, 4) is 11.3 Å². The first-order valence-corrected chi connectivity index (χ1v) is 10.8. The Morgan fingerprint density at radius 2 is 2.06 bits per heavy atom. The summed E-state index contributed by atoms with van der Waals surface area (Å²) in [6.07, 6.45) is 5.81. The fraction of sp³-hybridized carbons (Fsp3) is 0.455. The number of rotatable bonds is 9. The van der Waals surface area contributed by atoms with Crippen molar-refractivity contribution < 1.29 is 13.9 Å². The summed E-state index contributed by atoms with van der Waals surface area (Å²) in [5, 5.41) is 7.97. The second-order valence-electron chi connectivity index (χ2n) is 7.98. The third-order valence-electron chi connectivity index (χ3n) is 5.85. The van der Waals surface area contributed by atoms with Gasteiger partial charge in [0.2, 0.25) is 5.95 Å². The summed E-state index contributed by atoms with van der Waals surface area (Å²) < 4.78 is 27.3. The Morgan fingerprint density at radius 1 is 1.19 bits per heavy atom. The van der Waals surface area contributed by atoms with Gasteiger partial charge in [-0.25, -0.2) is 23.9 Å². The van der Waals surface area contributed by atoms with E-state index in [1.54, 1.807) is 22.4 Å². The van der Waals surface area contributed by atoms with E-state index in [1.165, 1.54) is 0 Å². The van der Waals surface area contributed by atoms with Crippen LogP contribution in [0.2, 0.25) is 0 Å². The van der Waals surface area contributed by atoms with E-state index in [0.29, 0.717) is 30.9 Å². The first-order chi connectivity index (χ1) is 15.7. The summed E-state index contributed by atoms with van der Waals surface area (Å²) in [5.74, 6) is 1.34. The van der Waals surface area contributed by atoms with E-state index in [0.717, 1.165) is 41.0 Å². The van der Waals surface area contributed by atoms with Gasteiger partial charge < -0.3 is 19.4 Å². The molecule has 0 bridgehead atoms. The monoisotopic (exact) mass is 439 g/mol. The topological polar surface area (TPSA) is 91.4 Å². The highest BCUT2D eigenvalue weighted by Crippen LogP contribution is 2.28. The number of ether oxygens (including phenoxy) is 2. The van der Waals surface area contributed by atoms with E-state index in [4.69, 9.17) is 14.5 Å². The van der Waals surface area contributed by atoms with Gasteiger partial charge in [0.15, 0.2) is 5.65 Å². The second-order valence-corrected chi connectivity index (χ2v) is 7.98. The Morgan fingerprint density at radius 3 is 2.88 bits per heavy atom. The van der Waals surface area contributed by atoms with Crippen LogP contribution < -0.4 is 5.32 Å². The zero-order valence-corrected chi connectivity index (χ0v) is 18.2. The molecule has 0 spiro atoms. The van der Waals surface area contributed by atoms with Gasteiger partial charge in [0.25, 0.3) is 0 Å². The van der Waals surface area contributed by atoms with Gasteiger partial charge in [-0.1, -0.05) is 0 Å². The number of aromatic nitrogens is 6. The molecule has 0 atom stereocenters. The van der Waals surface area contributed by atoms with E-state index in [2.05, 4.69) is 20.4 Å². The summed E-state index contributed by atoms with van der Waals surface area (Å²) >= 11 is 0. The number of imidazole rings is 1. The number of pyridine rings is 1. The van der Waals surface area contributed by atoms with Crippen molar-refractivity contribution in [1.82, 2.24) is 29.1 Å². The van der Waals surface area contributed by atoms with Gasteiger partial charge >= 0.3 is 0 Å². The van der Waals surface area contributed by atoms with Crippen LogP contribution in [0, 0.1) is 6.92 Å². The average Bonchev–Trinajstić information content (AvgIpc) is 3.32. The predicted octanol–water partition coefficient (Wildman–Crippen LogP) is 3.02. The molecule has 4 aromatic heterocycles. The molecule has 0 aromatic carbocycles. The molecule has 5 rings (SSSR count). The molecule has 0 amide bonds. The van der Waals surface area contributed by atoms with Crippen LogP contribution in [0.4, 0.5) is 10.3 Å². The zero-order chi connectivity index (χ0) is 22.1. The van der Waals surface area contributed by atoms with E-state index in [1.807, 2.05) is 31.3 Å². The number of nitrogens with zero attached hydrogens (tertiary/aromatic N) is 6. The fourth-order valence-electron chi connectivity index (χ4n) is 4.10. The van der Waals surface area contributed by atoms with Gasteiger partial charge in [-0.2, -0.15) is 0 Å². The number of aryl methyl sites for hydroxylation is 2. The summed E-state index contributed by atoms with van der Waals surface area (Å²) in [4.78, 5) is 13.7. The highest BCUT2D eigenvalue weighted by Gasteiger charge is 2.30. The van der Waals surface area contributed by atoms with E-state index < -0.39 is 6.67 Å². The minimum Gasteiger partial charge on any atom is -0.382 e. The molecule has 0 saturated heterocycles. The highest BCUT2D eigenvalue weighted by atomic mass is 19.1. The number of anilines is 1. The third kappa shape index (κ3) is 3.91. The van der Waals surface area contributed by atoms with Crippen LogP contribution in [0.3, 0.4) is 0 Å². The summed E-state index contributed by atoms with van der Waals surface area (Å²) in [7, 11) is 1.67. The molecule has 9 nitrogen and oxygen atoms in total. The van der Waals surface area contributed by atoms with Gasteiger partial charge in [-0.05, 0) is 38.0 Å². The van der Waals surface area contributed by atoms with Crippen molar-refractivity contribution in [2.45, 2.75) is 38.5 Å². The van der Waals surface area contributed by atoms with Crippen LogP contribution >= 0.6 is 0 Å². The quantitative estimate of drug-likeness (QED) is 0.401. The zero-order valence-electron chi connectivity index (χ0n) is 18.2. The van der Waals surface area contributed by atoms with Gasteiger partial charge in [0.1, 0.15) is 18.0 Å². The maximum Gasteiger partial charge on any atom is 0.241 e. The molecule has 0 unspecified atom stereocenters. The molecule has 1 aliphatic rings. The number of halogens is 1. The van der Waals surface area contributed by atoms with E-state index in [9.17, 15) is 4.39 Å². The van der Waals surface area contributed by atoms with Crippen molar-refractivity contribution >= 4 is 22.6 Å². The van der Waals surface area contributed by atoms with Gasteiger partial charge in [0.05, 0.1) is 43.3 Å². The first-order valence-electron chi connectivity index (χ1n) is 10.8. The van der Waals surface area contributed by atoms with Crippen molar-refractivity contribution in [3.05, 3.63) is 36.4 Å². The standard InChI is InChI=1S/C22H26FN7O2/c1-14-25-19-4-3-18(27-21(19)29(14)8-6-23)17-5-7-30-20(17)13-24-22(28-30)26-15-11-16(12-15)32-10-9-31-2/h3-5,7,13,15-16H,6,8-12H2,1-2H3,(H,26,28). The molecule has 1 aliphatic carbocycles. The molecule has 10 heteroatoms. The normalized spacial score (nSPS) is 18.3. The van der Waals surface area contributed by atoms with Crippen LogP contribution in [0.15, 0.2) is 30.6 Å².